The maximum atomic E-state index is 11.6. The van der Waals surface area contributed by atoms with E-state index >= 15 is 0 Å². The van der Waals surface area contributed by atoms with Gasteiger partial charge in [-0.25, -0.2) is 4.79 Å². The van der Waals surface area contributed by atoms with Crippen molar-refractivity contribution in [2.24, 2.45) is 5.92 Å². The topological polar surface area (TPSA) is 29.5 Å². The average Bonchev–Trinajstić information content (AvgIpc) is 2.17. The molecule has 1 aliphatic rings. The highest BCUT2D eigenvalue weighted by atomic mass is 16.6. The molecule has 3 nitrogen and oxygen atoms in total. The smallest absolute Gasteiger partial charge is 0.410 e. The maximum absolute atomic E-state index is 11.6. The van der Waals surface area contributed by atoms with Gasteiger partial charge in [-0.2, -0.15) is 0 Å². The normalized spacial score (nSPS) is 26.5. The van der Waals surface area contributed by atoms with Gasteiger partial charge in [0.15, 0.2) is 0 Å². The van der Waals surface area contributed by atoms with Crippen LogP contribution in [-0.4, -0.2) is 30.2 Å². The summed E-state index contributed by atoms with van der Waals surface area (Å²) in [6, 6.07) is 0.382. The number of amides is 1. The van der Waals surface area contributed by atoms with E-state index in [9.17, 15) is 4.79 Å². The number of carbonyl (C=O) groups excluding carboxylic acids is 1. The number of nitrogens with zero attached hydrogens (tertiary/aromatic N) is 1. The lowest BCUT2D eigenvalue weighted by molar-refractivity contribution is 0.0636. The molecule has 0 aromatic heterocycles. The van der Waals surface area contributed by atoms with Crippen molar-refractivity contribution in [3.8, 4) is 0 Å². The van der Waals surface area contributed by atoms with Gasteiger partial charge >= 0.3 is 6.09 Å². The lowest BCUT2D eigenvalue weighted by Gasteiger charge is -2.33. The molecule has 1 saturated carbocycles. The van der Waals surface area contributed by atoms with Crippen LogP contribution >= 0.6 is 0 Å². The number of hydrogen-bond acceptors (Lipinski definition) is 2. The zero-order chi connectivity index (χ0) is 11.4. The fraction of sp³-hybridized carbons (Fsp3) is 0.917. The van der Waals surface area contributed by atoms with Crippen LogP contribution < -0.4 is 0 Å². The summed E-state index contributed by atoms with van der Waals surface area (Å²) >= 11 is 0. The van der Waals surface area contributed by atoms with Gasteiger partial charge in [0.25, 0.3) is 0 Å². The third-order valence-electron chi connectivity index (χ3n) is 3.16. The average molecular weight is 213 g/mol. The van der Waals surface area contributed by atoms with E-state index in [-0.39, 0.29) is 12.2 Å². The number of ether oxygens (including phenoxy) is 1. The number of carbonyl (C=O) groups is 1. The van der Waals surface area contributed by atoms with Gasteiger partial charge in [0.2, 0.25) is 0 Å². The molecule has 0 heterocycles. The fourth-order valence-electron chi connectivity index (χ4n) is 2.06. The number of rotatable bonds is 2. The van der Waals surface area contributed by atoms with Crippen LogP contribution in [0.5, 0.6) is 0 Å². The first-order valence-corrected chi connectivity index (χ1v) is 5.94. The van der Waals surface area contributed by atoms with Crippen LogP contribution in [0.2, 0.25) is 0 Å². The standard InChI is InChI=1S/C12H23NO2/c1-9(2)15-12(14)13(4)11-7-5-10(3)6-8-11/h9-11H,5-8H2,1-4H3. The second-order valence-corrected chi connectivity index (χ2v) is 4.96. The van der Waals surface area contributed by atoms with E-state index in [1.165, 1.54) is 12.8 Å². The van der Waals surface area contributed by atoms with Crippen LogP contribution in [0.25, 0.3) is 0 Å². The van der Waals surface area contributed by atoms with Crippen molar-refractivity contribution < 1.29 is 9.53 Å². The van der Waals surface area contributed by atoms with Gasteiger partial charge in [0.1, 0.15) is 0 Å². The van der Waals surface area contributed by atoms with Crippen LogP contribution in [0.4, 0.5) is 4.79 Å². The Morgan fingerprint density at radius 2 is 1.80 bits per heavy atom. The van der Waals surface area contributed by atoms with E-state index in [4.69, 9.17) is 4.74 Å². The number of hydrogen-bond donors (Lipinski definition) is 0. The molecular formula is C12H23NO2. The minimum atomic E-state index is -0.176. The highest BCUT2D eigenvalue weighted by Crippen LogP contribution is 2.26. The van der Waals surface area contributed by atoms with Gasteiger partial charge in [-0.05, 0) is 45.4 Å². The molecule has 0 unspecified atom stereocenters. The Balaban J connectivity index is 2.39. The van der Waals surface area contributed by atoms with Gasteiger partial charge in [-0.1, -0.05) is 6.92 Å². The highest BCUT2D eigenvalue weighted by molar-refractivity contribution is 5.67. The quantitative estimate of drug-likeness (QED) is 0.705. The second kappa shape index (κ2) is 5.38. The molecule has 1 amide bonds. The molecule has 0 saturated heterocycles. The Bertz CT molecular complexity index is 208. The molecule has 1 fully saturated rings. The second-order valence-electron chi connectivity index (χ2n) is 4.96. The van der Waals surface area contributed by atoms with E-state index in [1.54, 1.807) is 4.90 Å². The van der Waals surface area contributed by atoms with Crippen molar-refractivity contribution >= 4 is 6.09 Å². The lowest BCUT2D eigenvalue weighted by atomic mass is 9.87. The predicted molar refractivity (Wildman–Crippen MR) is 60.8 cm³/mol. The summed E-state index contributed by atoms with van der Waals surface area (Å²) in [5.74, 6) is 0.816. The van der Waals surface area contributed by atoms with E-state index in [2.05, 4.69) is 6.92 Å². The van der Waals surface area contributed by atoms with Gasteiger partial charge in [-0.3, -0.25) is 0 Å². The first-order valence-electron chi connectivity index (χ1n) is 5.94. The molecule has 0 aliphatic heterocycles. The summed E-state index contributed by atoms with van der Waals surface area (Å²) in [5.41, 5.74) is 0. The van der Waals surface area contributed by atoms with E-state index in [0.717, 1.165) is 18.8 Å². The van der Waals surface area contributed by atoms with Crippen LogP contribution in [0.3, 0.4) is 0 Å². The van der Waals surface area contributed by atoms with Crippen molar-refractivity contribution in [1.29, 1.82) is 0 Å². The molecule has 0 spiro atoms. The molecule has 1 aliphatic carbocycles. The molecule has 88 valence electrons. The first kappa shape index (κ1) is 12.3. The molecule has 0 N–H and O–H groups in total. The van der Waals surface area contributed by atoms with Crippen LogP contribution in [-0.2, 0) is 4.74 Å². The zero-order valence-corrected chi connectivity index (χ0v) is 10.3. The minimum absolute atomic E-state index is 0.0255. The summed E-state index contributed by atoms with van der Waals surface area (Å²) < 4.78 is 5.18. The zero-order valence-electron chi connectivity index (χ0n) is 10.3. The molecule has 0 bridgehead atoms. The largest absolute Gasteiger partial charge is 0.447 e. The Morgan fingerprint density at radius 1 is 1.27 bits per heavy atom. The van der Waals surface area contributed by atoms with Crippen molar-refractivity contribution in [3.63, 3.8) is 0 Å². The van der Waals surface area contributed by atoms with Crippen molar-refractivity contribution in [3.05, 3.63) is 0 Å². The monoisotopic (exact) mass is 213 g/mol. The maximum Gasteiger partial charge on any atom is 0.410 e. The Kier molecular flexibility index (Phi) is 4.43. The van der Waals surface area contributed by atoms with Gasteiger partial charge in [0.05, 0.1) is 6.10 Å². The van der Waals surface area contributed by atoms with E-state index in [1.807, 2.05) is 20.9 Å². The Hall–Kier alpha value is -0.730. The first-order chi connectivity index (χ1) is 7.00. The van der Waals surface area contributed by atoms with E-state index in [0.29, 0.717) is 6.04 Å². The molecule has 0 atom stereocenters. The summed E-state index contributed by atoms with van der Waals surface area (Å²) in [6.45, 7) is 6.05. The van der Waals surface area contributed by atoms with E-state index < -0.39 is 0 Å². The van der Waals surface area contributed by atoms with Crippen molar-refractivity contribution in [2.45, 2.75) is 58.6 Å². The molecular weight excluding hydrogens is 190 g/mol. The molecule has 0 aromatic rings. The lowest BCUT2D eigenvalue weighted by Crippen LogP contribution is -2.40. The van der Waals surface area contributed by atoms with Gasteiger partial charge < -0.3 is 9.64 Å². The summed E-state index contributed by atoms with van der Waals surface area (Å²) in [5, 5.41) is 0. The third-order valence-corrected chi connectivity index (χ3v) is 3.16. The molecule has 0 radical (unpaired) electrons. The Labute approximate surface area is 92.8 Å². The fourth-order valence-corrected chi connectivity index (χ4v) is 2.06. The van der Waals surface area contributed by atoms with Gasteiger partial charge in [0, 0.05) is 13.1 Å². The SMILES string of the molecule is CC1CCC(N(C)C(=O)OC(C)C)CC1. The predicted octanol–water partition coefficient (Wildman–Crippen LogP) is 3.04. The minimum Gasteiger partial charge on any atom is -0.447 e. The highest BCUT2D eigenvalue weighted by Gasteiger charge is 2.25. The third kappa shape index (κ3) is 3.73. The van der Waals surface area contributed by atoms with Crippen LogP contribution in [0.1, 0.15) is 46.5 Å². The summed E-state index contributed by atoms with van der Waals surface area (Å²) in [6.07, 6.45) is 4.48. The molecule has 1 rings (SSSR count). The Morgan fingerprint density at radius 3 is 2.27 bits per heavy atom. The van der Waals surface area contributed by atoms with Crippen LogP contribution in [0.15, 0.2) is 0 Å². The summed E-state index contributed by atoms with van der Waals surface area (Å²) in [4.78, 5) is 13.4. The summed E-state index contributed by atoms with van der Waals surface area (Å²) in [7, 11) is 1.85. The van der Waals surface area contributed by atoms with Gasteiger partial charge in [-0.15, -0.1) is 0 Å². The van der Waals surface area contributed by atoms with Crippen molar-refractivity contribution in [1.82, 2.24) is 4.90 Å². The molecule has 3 heteroatoms. The van der Waals surface area contributed by atoms with Crippen LogP contribution in [0, 0.1) is 5.92 Å². The molecule has 0 aromatic carbocycles. The molecule has 15 heavy (non-hydrogen) atoms. The van der Waals surface area contributed by atoms with Crippen molar-refractivity contribution in [2.75, 3.05) is 7.05 Å².